The van der Waals surface area contributed by atoms with E-state index in [1.807, 2.05) is 24.3 Å². The average Bonchev–Trinajstić information content (AvgIpc) is 2.41. The van der Waals surface area contributed by atoms with E-state index in [0.717, 1.165) is 9.13 Å². The first-order chi connectivity index (χ1) is 9.15. The molecule has 3 nitrogen and oxygen atoms in total. The van der Waals surface area contributed by atoms with Crippen molar-refractivity contribution >= 4 is 46.3 Å². The molecule has 0 fully saturated rings. The number of rotatable bonds is 3. The van der Waals surface area contributed by atoms with Crippen molar-refractivity contribution in [3.05, 3.63) is 68.3 Å². The van der Waals surface area contributed by atoms with Gasteiger partial charge in [-0.2, -0.15) is 5.10 Å². The van der Waals surface area contributed by atoms with Crippen LogP contribution in [-0.2, 0) is 0 Å². The fourth-order valence-corrected chi connectivity index (χ4v) is 1.96. The van der Waals surface area contributed by atoms with Crippen LogP contribution in [0, 0.1) is 3.57 Å². The summed E-state index contributed by atoms with van der Waals surface area (Å²) in [7, 11) is 0. The van der Waals surface area contributed by atoms with Gasteiger partial charge in [-0.05, 0) is 58.5 Å². The third-order valence-electron chi connectivity index (χ3n) is 2.34. The van der Waals surface area contributed by atoms with Crippen molar-refractivity contribution in [2.24, 2.45) is 5.10 Å². The largest absolute Gasteiger partial charge is 0.271 e. The predicted molar refractivity (Wildman–Crippen MR) is 85.7 cm³/mol. The van der Waals surface area contributed by atoms with Gasteiger partial charge in [-0.15, -0.1) is 0 Å². The Kier molecular flexibility index (Phi) is 4.93. The molecule has 19 heavy (non-hydrogen) atoms. The molecular weight excluding hydrogens is 375 g/mol. The summed E-state index contributed by atoms with van der Waals surface area (Å²) in [6.07, 6.45) is 1.60. The molecule has 0 aliphatic rings. The van der Waals surface area contributed by atoms with Crippen molar-refractivity contribution in [1.82, 2.24) is 5.43 Å². The number of carbonyl (C=O) groups is 1. The number of amides is 1. The van der Waals surface area contributed by atoms with Crippen molar-refractivity contribution in [2.75, 3.05) is 0 Å². The van der Waals surface area contributed by atoms with Crippen LogP contribution in [0.3, 0.4) is 0 Å². The van der Waals surface area contributed by atoms with Gasteiger partial charge in [0, 0.05) is 14.2 Å². The van der Waals surface area contributed by atoms with Gasteiger partial charge in [0.05, 0.1) is 6.21 Å². The summed E-state index contributed by atoms with van der Waals surface area (Å²) in [5.41, 5.74) is 3.86. The van der Waals surface area contributed by atoms with Crippen LogP contribution in [-0.4, -0.2) is 12.1 Å². The van der Waals surface area contributed by atoms with E-state index in [2.05, 4.69) is 33.1 Å². The van der Waals surface area contributed by atoms with Crippen LogP contribution in [0.5, 0.6) is 0 Å². The summed E-state index contributed by atoms with van der Waals surface area (Å²) in [5, 5.41) is 4.43. The zero-order valence-corrected chi connectivity index (χ0v) is 12.7. The van der Waals surface area contributed by atoms with E-state index in [1.165, 1.54) is 0 Å². The molecule has 0 radical (unpaired) electrons. The third kappa shape index (κ3) is 4.33. The second-order valence-electron chi connectivity index (χ2n) is 3.76. The highest BCUT2D eigenvalue weighted by Crippen LogP contribution is 2.10. The molecule has 0 saturated heterocycles. The molecule has 5 heteroatoms. The Labute approximate surface area is 129 Å². The minimum atomic E-state index is -0.288. The second kappa shape index (κ2) is 6.68. The molecule has 0 aliphatic carbocycles. The Balaban J connectivity index is 1.98. The molecule has 2 rings (SSSR count). The maximum Gasteiger partial charge on any atom is 0.271 e. The van der Waals surface area contributed by atoms with Crippen molar-refractivity contribution in [2.45, 2.75) is 0 Å². The Morgan fingerprint density at radius 1 is 1.21 bits per heavy atom. The number of carbonyl (C=O) groups excluding carboxylic acids is 1. The summed E-state index contributed by atoms with van der Waals surface area (Å²) in [4.78, 5) is 11.8. The van der Waals surface area contributed by atoms with E-state index < -0.39 is 0 Å². The topological polar surface area (TPSA) is 41.5 Å². The van der Waals surface area contributed by atoms with Crippen LogP contribution >= 0.6 is 34.2 Å². The van der Waals surface area contributed by atoms with Gasteiger partial charge in [-0.25, -0.2) is 5.43 Å². The number of hydrogen-bond acceptors (Lipinski definition) is 2. The monoisotopic (exact) mass is 384 g/mol. The summed E-state index contributed by atoms with van der Waals surface area (Å²) in [6.45, 7) is 0. The number of benzene rings is 2. The Morgan fingerprint density at radius 3 is 2.63 bits per heavy atom. The molecule has 0 atom stereocenters. The molecule has 0 aromatic heterocycles. The molecule has 1 N–H and O–H groups in total. The normalized spacial score (nSPS) is 10.6. The Morgan fingerprint density at radius 2 is 1.95 bits per heavy atom. The fourth-order valence-electron chi connectivity index (χ4n) is 1.41. The molecule has 0 heterocycles. The molecule has 2 aromatic carbocycles. The van der Waals surface area contributed by atoms with Crippen LogP contribution in [0.2, 0.25) is 5.02 Å². The van der Waals surface area contributed by atoms with Gasteiger partial charge in [0.15, 0.2) is 0 Å². The highest BCUT2D eigenvalue weighted by molar-refractivity contribution is 14.1. The zero-order valence-electron chi connectivity index (χ0n) is 9.81. The van der Waals surface area contributed by atoms with Gasteiger partial charge in [0.2, 0.25) is 0 Å². The molecule has 0 spiro atoms. The smallest absolute Gasteiger partial charge is 0.267 e. The lowest BCUT2D eigenvalue weighted by Crippen LogP contribution is -2.17. The molecule has 96 valence electrons. The number of nitrogens with zero attached hydrogens (tertiary/aromatic N) is 1. The van der Waals surface area contributed by atoms with E-state index in [-0.39, 0.29) is 5.91 Å². The van der Waals surface area contributed by atoms with Crippen LogP contribution in [0.4, 0.5) is 0 Å². The summed E-state index contributed by atoms with van der Waals surface area (Å²) >= 11 is 8.04. The maximum absolute atomic E-state index is 11.8. The fraction of sp³-hybridized carbons (Fsp3) is 0. The van der Waals surface area contributed by atoms with Gasteiger partial charge in [-0.3, -0.25) is 4.79 Å². The molecule has 0 saturated carbocycles. The van der Waals surface area contributed by atoms with E-state index in [9.17, 15) is 4.79 Å². The highest BCUT2D eigenvalue weighted by Gasteiger charge is 2.03. The van der Waals surface area contributed by atoms with Crippen LogP contribution in [0.1, 0.15) is 15.9 Å². The van der Waals surface area contributed by atoms with Crippen molar-refractivity contribution < 1.29 is 4.79 Å². The van der Waals surface area contributed by atoms with E-state index in [0.29, 0.717) is 10.6 Å². The van der Waals surface area contributed by atoms with Crippen LogP contribution < -0.4 is 5.43 Å². The summed E-state index contributed by atoms with van der Waals surface area (Å²) in [6, 6.07) is 14.5. The Bertz CT molecular complexity index is 611. The van der Waals surface area contributed by atoms with Gasteiger partial charge < -0.3 is 0 Å². The van der Waals surface area contributed by atoms with Crippen molar-refractivity contribution in [1.29, 1.82) is 0 Å². The highest BCUT2D eigenvalue weighted by atomic mass is 127. The molecular formula is C14H10ClIN2O. The standard InChI is InChI=1S/C14H10ClIN2O/c15-12-3-1-2-11(8-12)14(19)18-17-9-10-4-6-13(16)7-5-10/h1-9H,(H,18,19)/b17-9+. The van der Waals surface area contributed by atoms with E-state index in [4.69, 9.17) is 11.6 Å². The predicted octanol–water partition coefficient (Wildman–Crippen LogP) is 3.71. The molecule has 1 amide bonds. The van der Waals surface area contributed by atoms with Crippen LogP contribution in [0.25, 0.3) is 0 Å². The first-order valence-corrected chi connectivity index (χ1v) is 6.95. The average molecular weight is 385 g/mol. The first kappa shape index (κ1) is 14.0. The second-order valence-corrected chi connectivity index (χ2v) is 5.44. The van der Waals surface area contributed by atoms with Crippen LogP contribution in [0.15, 0.2) is 53.6 Å². The van der Waals surface area contributed by atoms with E-state index in [1.54, 1.807) is 30.5 Å². The van der Waals surface area contributed by atoms with E-state index >= 15 is 0 Å². The number of hydrogen-bond donors (Lipinski definition) is 1. The maximum atomic E-state index is 11.8. The SMILES string of the molecule is O=C(N/N=C/c1ccc(I)cc1)c1cccc(Cl)c1. The third-order valence-corrected chi connectivity index (χ3v) is 3.29. The number of nitrogens with one attached hydrogen (secondary N) is 1. The number of hydrazone groups is 1. The lowest BCUT2D eigenvalue weighted by molar-refractivity contribution is 0.0955. The van der Waals surface area contributed by atoms with Crippen molar-refractivity contribution in [3.63, 3.8) is 0 Å². The lowest BCUT2D eigenvalue weighted by atomic mass is 10.2. The van der Waals surface area contributed by atoms with Gasteiger partial charge in [0.1, 0.15) is 0 Å². The quantitative estimate of drug-likeness (QED) is 0.489. The minimum Gasteiger partial charge on any atom is -0.267 e. The van der Waals surface area contributed by atoms with Crippen molar-refractivity contribution in [3.8, 4) is 0 Å². The number of halogens is 2. The van der Waals surface area contributed by atoms with Gasteiger partial charge in [-0.1, -0.05) is 29.8 Å². The van der Waals surface area contributed by atoms with Gasteiger partial charge >= 0.3 is 0 Å². The van der Waals surface area contributed by atoms with Gasteiger partial charge in [0.25, 0.3) is 5.91 Å². The summed E-state index contributed by atoms with van der Waals surface area (Å²) < 4.78 is 1.15. The first-order valence-electron chi connectivity index (χ1n) is 5.50. The zero-order chi connectivity index (χ0) is 13.7. The Hall–Kier alpha value is -1.40. The molecule has 0 unspecified atom stereocenters. The molecule has 0 bridgehead atoms. The molecule has 0 aliphatic heterocycles. The summed E-state index contributed by atoms with van der Waals surface area (Å²) in [5.74, 6) is -0.288. The lowest BCUT2D eigenvalue weighted by Gasteiger charge is -2.00. The minimum absolute atomic E-state index is 0.288. The molecule has 2 aromatic rings.